The average Bonchev–Trinajstić information content (AvgIpc) is 2.96. The molecule has 1 aliphatic rings. The molecule has 1 heterocycles. The standard InChI is InChI=1S/C32H27BrClN3O2/c33-28-18-25(34)17-24(30(28)39-20-23-13-8-12-21-9-4-5-14-26(21)23)19-35-37-31(22-10-2-1-3-11-22)36-29-16-7-6-15-27(29)32(37)38/h4-9,12-19,22H,1-3,10-11,20H2. The van der Waals surface area contributed by atoms with Gasteiger partial charge in [0.25, 0.3) is 5.56 Å². The first-order valence-corrected chi connectivity index (χ1v) is 14.4. The van der Waals surface area contributed by atoms with Gasteiger partial charge >= 0.3 is 0 Å². The Hall–Kier alpha value is -3.48. The average molecular weight is 601 g/mol. The van der Waals surface area contributed by atoms with E-state index in [0.29, 0.717) is 44.1 Å². The van der Waals surface area contributed by atoms with Crippen LogP contribution in [0.1, 0.15) is 55.0 Å². The molecule has 0 aliphatic heterocycles. The van der Waals surface area contributed by atoms with Crippen molar-refractivity contribution >= 4 is 55.4 Å². The Kier molecular flexibility index (Phi) is 7.49. The Morgan fingerprint density at radius 1 is 0.974 bits per heavy atom. The van der Waals surface area contributed by atoms with Gasteiger partial charge in [-0.2, -0.15) is 9.78 Å². The summed E-state index contributed by atoms with van der Waals surface area (Å²) in [5.41, 5.74) is 2.28. The lowest BCUT2D eigenvalue weighted by atomic mass is 9.88. The minimum absolute atomic E-state index is 0.170. The van der Waals surface area contributed by atoms with Gasteiger partial charge in [0.15, 0.2) is 0 Å². The predicted molar refractivity (Wildman–Crippen MR) is 162 cm³/mol. The normalized spacial score (nSPS) is 14.4. The zero-order chi connectivity index (χ0) is 26.8. The molecule has 39 heavy (non-hydrogen) atoms. The third-order valence-electron chi connectivity index (χ3n) is 7.35. The molecule has 0 saturated heterocycles. The van der Waals surface area contributed by atoms with Crippen LogP contribution >= 0.6 is 27.5 Å². The Morgan fingerprint density at radius 2 is 1.72 bits per heavy atom. The Labute approximate surface area is 240 Å². The highest BCUT2D eigenvalue weighted by Crippen LogP contribution is 2.34. The Balaban J connectivity index is 1.39. The summed E-state index contributed by atoms with van der Waals surface area (Å²) in [5, 5.41) is 8.10. The fraction of sp³-hybridized carbons (Fsp3) is 0.219. The van der Waals surface area contributed by atoms with E-state index < -0.39 is 0 Å². The lowest BCUT2D eigenvalue weighted by Gasteiger charge is -2.22. The van der Waals surface area contributed by atoms with Crippen molar-refractivity contribution in [3.8, 4) is 5.75 Å². The maximum atomic E-state index is 13.6. The van der Waals surface area contributed by atoms with E-state index in [1.807, 2.05) is 36.4 Å². The molecule has 0 unspecified atom stereocenters. The number of halogens is 2. The first kappa shape index (κ1) is 25.8. The SMILES string of the molecule is O=c1c2ccccc2nc(C2CCCCC2)n1N=Cc1cc(Cl)cc(Br)c1OCc1cccc2ccccc12. The highest BCUT2D eigenvalue weighted by Gasteiger charge is 2.22. The van der Waals surface area contributed by atoms with Crippen molar-refractivity contribution in [1.29, 1.82) is 0 Å². The predicted octanol–water partition coefficient (Wildman–Crippen LogP) is 8.47. The molecule has 1 aromatic heterocycles. The summed E-state index contributed by atoms with van der Waals surface area (Å²) >= 11 is 10.1. The Morgan fingerprint density at radius 3 is 2.56 bits per heavy atom. The van der Waals surface area contributed by atoms with Crippen molar-refractivity contribution in [2.45, 2.75) is 44.6 Å². The van der Waals surface area contributed by atoms with E-state index >= 15 is 0 Å². The summed E-state index contributed by atoms with van der Waals surface area (Å²) in [6.07, 6.45) is 7.13. The zero-order valence-electron chi connectivity index (χ0n) is 21.3. The first-order chi connectivity index (χ1) is 19.1. The number of ether oxygens (including phenoxy) is 1. The fourth-order valence-corrected chi connectivity index (χ4v) is 6.34. The van der Waals surface area contributed by atoms with Crippen LogP contribution in [-0.4, -0.2) is 15.9 Å². The van der Waals surface area contributed by atoms with E-state index in [2.05, 4.69) is 40.2 Å². The number of fused-ring (bicyclic) bond motifs is 2. The number of nitrogens with zero attached hydrogens (tertiary/aromatic N) is 3. The van der Waals surface area contributed by atoms with Crippen LogP contribution in [-0.2, 0) is 6.61 Å². The van der Waals surface area contributed by atoms with Crippen LogP contribution in [0, 0.1) is 0 Å². The molecule has 0 bridgehead atoms. The van der Waals surface area contributed by atoms with Crippen molar-refractivity contribution < 1.29 is 4.74 Å². The summed E-state index contributed by atoms with van der Waals surface area (Å²) in [4.78, 5) is 18.5. The number of benzene rings is 4. The lowest BCUT2D eigenvalue weighted by Crippen LogP contribution is -2.25. The van der Waals surface area contributed by atoms with E-state index in [9.17, 15) is 4.79 Å². The van der Waals surface area contributed by atoms with Crippen LogP contribution in [0.15, 0.2) is 93.2 Å². The summed E-state index contributed by atoms with van der Waals surface area (Å²) < 4.78 is 8.54. The van der Waals surface area contributed by atoms with E-state index in [0.717, 1.165) is 42.0 Å². The second-order valence-electron chi connectivity index (χ2n) is 9.92. The summed E-state index contributed by atoms with van der Waals surface area (Å²) in [5.74, 6) is 1.52. The van der Waals surface area contributed by atoms with Gasteiger partial charge in [-0.15, -0.1) is 0 Å². The molecule has 0 amide bonds. The fourth-order valence-electron chi connectivity index (χ4n) is 5.39. The summed E-state index contributed by atoms with van der Waals surface area (Å²) in [6.45, 7) is 0.368. The van der Waals surface area contributed by atoms with Crippen LogP contribution < -0.4 is 10.3 Å². The lowest BCUT2D eigenvalue weighted by molar-refractivity contribution is 0.305. The van der Waals surface area contributed by atoms with Crippen LogP contribution in [0.25, 0.3) is 21.7 Å². The van der Waals surface area contributed by atoms with Crippen LogP contribution in [0.4, 0.5) is 0 Å². The molecule has 6 rings (SSSR count). The van der Waals surface area contributed by atoms with Gasteiger partial charge in [-0.05, 0) is 69.4 Å². The minimum atomic E-state index is -0.170. The van der Waals surface area contributed by atoms with Gasteiger partial charge in [-0.1, -0.05) is 85.5 Å². The molecule has 5 aromatic rings. The quantitative estimate of drug-likeness (QED) is 0.184. The van der Waals surface area contributed by atoms with E-state index in [4.69, 9.17) is 26.4 Å². The molecule has 1 aliphatic carbocycles. The summed E-state index contributed by atoms with van der Waals surface area (Å²) in [6, 6.07) is 25.5. The first-order valence-electron chi connectivity index (χ1n) is 13.2. The van der Waals surface area contributed by atoms with Crippen molar-refractivity contribution in [3.63, 3.8) is 0 Å². The highest BCUT2D eigenvalue weighted by atomic mass is 79.9. The third-order valence-corrected chi connectivity index (χ3v) is 8.16. The molecular weight excluding hydrogens is 574 g/mol. The molecule has 5 nitrogen and oxygen atoms in total. The number of para-hydroxylation sites is 1. The Bertz CT molecular complexity index is 1750. The monoisotopic (exact) mass is 599 g/mol. The van der Waals surface area contributed by atoms with Gasteiger partial charge in [0.2, 0.25) is 0 Å². The third kappa shape index (κ3) is 5.36. The molecule has 0 spiro atoms. The molecule has 4 aromatic carbocycles. The van der Waals surface area contributed by atoms with E-state index in [-0.39, 0.29) is 11.5 Å². The van der Waals surface area contributed by atoms with E-state index in [1.165, 1.54) is 11.1 Å². The van der Waals surface area contributed by atoms with E-state index in [1.54, 1.807) is 24.4 Å². The van der Waals surface area contributed by atoms with Crippen molar-refractivity contribution in [3.05, 3.63) is 116 Å². The second kappa shape index (κ2) is 11.3. The second-order valence-corrected chi connectivity index (χ2v) is 11.2. The zero-order valence-corrected chi connectivity index (χ0v) is 23.7. The largest absolute Gasteiger partial charge is 0.487 e. The molecule has 0 radical (unpaired) electrons. The van der Waals surface area contributed by atoms with Gasteiger partial charge in [-0.3, -0.25) is 4.79 Å². The van der Waals surface area contributed by atoms with Gasteiger partial charge < -0.3 is 4.74 Å². The maximum absolute atomic E-state index is 13.6. The number of hydrogen-bond donors (Lipinski definition) is 0. The van der Waals surface area contributed by atoms with Crippen molar-refractivity contribution in [2.24, 2.45) is 5.10 Å². The topological polar surface area (TPSA) is 56.5 Å². The van der Waals surface area contributed by atoms with Crippen LogP contribution in [0.2, 0.25) is 5.02 Å². The van der Waals surface area contributed by atoms with Crippen LogP contribution in [0.3, 0.4) is 0 Å². The molecule has 0 N–H and O–H groups in total. The number of hydrogen-bond acceptors (Lipinski definition) is 4. The molecule has 1 fully saturated rings. The van der Waals surface area contributed by atoms with Gasteiger partial charge in [-0.25, -0.2) is 4.98 Å². The maximum Gasteiger partial charge on any atom is 0.282 e. The molecule has 0 atom stereocenters. The minimum Gasteiger partial charge on any atom is -0.487 e. The van der Waals surface area contributed by atoms with Gasteiger partial charge in [0.1, 0.15) is 18.2 Å². The van der Waals surface area contributed by atoms with Crippen molar-refractivity contribution in [1.82, 2.24) is 9.66 Å². The molecule has 7 heteroatoms. The number of aromatic nitrogens is 2. The van der Waals surface area contributed by atoms with Crippen molar-refractivity contribution in [2.75, 3.05) is 0 Å². The van der Waals surface area contributed by atoms with Crippen LogP contribution in [0.5, 0.6) is 5.75 Å². The molecular formula is C32H27BrClN3O2. The smallest absolute Gasteiger partial charge is 0.282 e. The number of rotatable bonds is 6. The van der Waals surface area contributed by atoms with Gasteiger partial charge in [0.05, 0.1) is 21.6 Å². The summed E-state index contributed by atoms with van der Waals surface area (Å²) in [7, 11) is 0. The highest BCUT2D eigenvalue weighted by molar-refractivity contribution is 9.10. The molecule has 196 valence electrons. The van der Waals surface area contributed by atoms with Gasteiger partial charge in [0, 0.05) is 16.5 Å². The molecule has 1 saturated carbocycles.